The summed E-state index contributed by atoms with van der Waals surface area (Å²) < 4.78 is 5.11. The lowest BCUT2D eigenvalue weighted by Crippen LogP contribution is -2.47. The second-order valence-electron chi connectivity index (χ2n) is 8.06. The van der Waals surface area contributed by atoms with Crippen LogP contribution in [0.1, 0.15) is 44.9 Å². The van der Waals surface area contributed by atoms with Gasteiger partial charge in [0.1, 0.15) is 5.41 Å². The Morgan fingerprint density at radius 1 is 0.962 bits per heavy atom. The zero-order valence-electron chi connectivity index (χ0n) is 15.6. The molecule has 146 valence electrons. The molecule has 2 aliphatic heterocycles. The van der Waals surface area contributed by atoms with Crippen LogP contribution >= 0.6 is 0 Å². The molecule has 0 aromatic carbocycles. The highest BCUT2D eigenvalue weighted by atomic mass is 16.5. The summed E-state index contributed by atoms with van der Waals surface area (Å²) in [6, 6.07) is 0. The van der Waals surface area contributed by atoms with Crippen LogP contribution in [0.5, 0.6) is 0 Å². The van der Waals surface area contributed by atoms with Crippen molar-refractivity contribution in [2.45, 2.75) is 44.9 Å². The van der Waals surface area contributed by atoms with Crippen LogP contribution in [0.3, 0.4) is 0 Å². The molecule has 7 nitrogen and oxygen atoms in total. The maximum atomic E-state index is 13.2. The number of carbonyl (C=O) groups excluding carboxylic acids is 2. The number of methoxy groups -OCH3 is 1. The molecular weight excluding hydrogens is 336 g/mol. The number of carboxylic acid groups (broad SMARTS) is 1. The largest absolute Gasteiger partial charge is 0.481 e. The molecule has 1 N–H and O–H groups in total. The van der Waals surface area contributed by atoms with Crippen molar-refractivity contribution in [1.29, 1.82) is 0 Å². The van der Waals surface area contributed by atoms with Gasteiger partial charge < -0.3 is 19.6 Å². The van der Waals surface area contributed by atoms with E-state index in [1.807, 2.05) is 4.90 Å². The van der Waals surface area contributed by atoms with Crippen molar-refractivity contribution < 1.29 is 24.2 Å². The first kappa shape index (κ1) is 19.1. The molecule has 26 heavy (non-hydrogen) atoms. The highest BCUT2D eigenvalue weighted by Gasteiger charge is 2.49. The first-order valence-electron chi connectivity index (χ1n) is 9.78. The van der Waals surface area contributed by atoms with E-state index >= 15 is 0 Å². The van der Waals surface area contributed by atoms with Crippen molar-refractivity contribution in [3.05, 3.63) is 0 Å². The molecule has 0 aromatic heterocycles. The topological polar surface area (TPSA) is 87.1 Å². The number of ether oxygens (including phenoxy) is 1. The molecule has 3 rings (SSSR count). The van der Waals surface area contributed by atoms with Gasteiger partial charge in [0.25, 0.3) is 0 Å². The summed E-state index contributed by atoms with van der Waals surface area (Å²) in [6.45, 7) is 2.31. The summed E-state index contributed by atoms with van der Waals surface area (Å²) in [5.74, 6) is -1.37. The van der Waals surface area contributed by atoms with Gasteiger partial charge >= 0.3 is 5.97 Å². The Morgan fingerprint density at radius 2 is 1.54 bits per heavy atom. The number of hydrogen-bond donors (Lipinski definition) is 1. The number of carbonyl (C=O) groups is 3. The van der Waals surface area contributed by atoms with Gasteiger partial charge in [-0.2, -0.15) is 0 Å². The van der Waals surface area contributed by atoms with Crippen molar-refractivity contribution in [3.63, 3.8) is 0 Å². The molecule has 2 saturated heterocycles. The average molecular weight is 366 g/mol. The molecule has 0 spiro atoms. The molecular formula is C19H30N2O5. The predicted octanol–water partition coefficient (Wildman–Crippen LogP) is 1.36. The fourth-order valence-corrected chi connectivity index (χ4v) is 4.82. The first-order chi connectivity index (χ1) is 12.5. The van der Waals surface area contributed by atoms with E-state index in [0.29, 0.717) is 13.0 Å². The van der Waals surface area contributed by atoms with Gasteiger partial charge in [0.15, 0.2) is 0 Å². The lowest BCUT2D eigenvalue weighted by molar-refractivity contribution is -0.153. The third kappa shape index (κ3) is 3.59. The van der Waals surface area contributed by atoms with E-state index < -0.39 is 11.4 Å². The molecule has 3 aliphatic rings. The van der Waals surface area contributed by atoms with Crippen LogP contribution in [0, 0.1) is 17.3 Å². The fraction of sp³-hybridized carbons (Fsp3) is 0.842. The number of hydrogen-bond acceptors (Lipinski definition) is 4. The third-order valence-electron chi connectivity index (χ3n) is 6.36. The summed E-state index contributed by atoms with van der Waals surface area (Å²) in [6.07, 6.45) is 5.92. The van der Waals surface area contributed by atoms with E-state index in [2.05, 4.69) is 0 Å². The third-order valence-corrected chi connectivity index (χ3v) is 6.36. The van der Waals surface area contributed by atoms with Crippen LogP contribution < -0.4 is 0 Å². The van der Waals surface area contributed by atoms with Crippen molar-refractivity contribution in [2.75, 3.05) is 39.9 Å². The molecule has 7 heteroatoms. The summed E-state index contributed by atoms with van der Waals surface area (Å²) in [5, 5.41) is 9.61. The molecule has 0 radical (unpaired) electrons. The normalized spacial score (nSPS) is 32.0. The number of likely N-dealkylation sites (tertiary alicyclic amines) is 2. The Labute approximate surface area is 154 Å². The standard InChI is InChI=1S/C19H30N2O5/c1-26-13-19(18(24)25)8-11-21(12-19)17(23)15-7-3-2-6-14(15)16(22)20-9-4-5-10-20/h14-15H,2-13H2,1H3,(H,24,25). The molecule has 0 aromatic rings. The summed E-state index contributed by atoms with van der Waals surface area (Å²) in [4.78, 5) is 41.4. The quantitative estimate of drug-likeness (QED) is 0.794. The average Bonchev–Trinajstić information content (AvgIpc) is 3.31. The van der Waals surface area contributed by atoms with Crippen LogP contribution in [-0.2, 0) is 19.1 Å². The van der Waals surface area contributed by atoms with Crippen LogP contribution in [-0.4, -0.2) is 72.6 Å². The molecule has 2 heterocycles. The molecule has 0 bridgehead atoms. The van der Waals surface area contributed by atoms with E-state index in [1.54, 1.807) is 4.90 Å². The molecule has 2 amide bonds. The van der Waals surface area contributed by atoms with Gasteiger partial charge in [-0.1, -0.05) is 12.8 Å². The van der Waals surface area contributed by atoms with Gasteiger partial charge in [-0.05, 0) is 32.1 Å². The smallest absolute Gasteiger partial charge is 0.313 e. The van der Waals surface area contributed by atoms with Crippen LogP contribution in [0.4, 0.5) is 0 Å². The molecule has 3 fully saturated rings. The minimum Gasteiger partial charge on any atom is -0.481 e. The lowest BCUT2D eigenvalue weighted by atomic mass is 9.77. The van der Waals surface area contributed by atoms with Crippen molar-refractivity contribution in [1.82, 2.24) is 9.80 Å². The van der Waals surface area contributed by atoms with Gasteiger partial charge in [0.05, 0.1) is 6.61 Å². The minimum atomic E-state index is -1.02. The number of amides is 2. The van der Waals surface area contributed by atoms with Gasteiger partial charge in [0, 0.05) is 45.1 Å². The Morgan fingerprint density at radius 3 is 2.08 bits per heavy atom. The maximum Gasteiger partial charge on any atom is 0.313 e. The predicted molar refractivity (Wildman–Crippen MR) is 94.4 cm³/mol. The van der Waals surface area contributed by atoms with Crippen LogP contribution in [0.25, 0.3) is 0 Å². The Hall–Kier alpha value is -1.63. The summed E-state index contributed by atoms with van der Waals surface area (Å²) >= 11 is 0. The zero-order chi connectivity index (χ0) is 18.7. The molecule has 3 unspecified atom stereocenters. The second kappa shape index (κ2) is 7.94. The van der Waals surface area contributed by atoms with E-state index in [1.165, 1.54) is 7.11 Å². The van der Waals surface area contributed by atoms with E-state index in [-0.39, 0.29) is 36.8 Å². The van der Waals surface area contributed by atoms with Crippen LogP contribution in [0.2, 0.25) is 0 Å². The van der Waals surface area contributed by atoms with E-state index in [0.717, 1.165) is 51.6 Å². The number of rotatable bonds is 5. The zero-order valence-corrected chi connectivity index (χ0v) is 15.6. The SMILES string of the molecule is COCC1(C(=O)O)CCN(C(=O)C2CCCCC2C(=O)N2CCCC2)C1. The molecule has 1 aliphatic carbocycles. The highest BCUT2D eigenvalue weighted by molar-refractivity contribution is 5.89. The monoisotopic (exact) mass is 366 g/mol. The maximum absolute atomic E-state index is 13.2. The van der Waals surface area contributed by atoms with Gasteiger partial charge in [-0.15, -0.1) is 0 Å². The van der Waals surface area contributed by atoms with Gasteiger partial charge in [0.2, 0.25) is 11.8 Å². The van der Waals surface area contributed by atoms with Gasteiger partial charge in [-0.3, -0.25) is 14.4 Å². The van der Waals surface area contributed by atoms with Crippen molar-refractivity contribution in [3.8, 4) is 0 Å². The fourth-order valence-electron chi connectivity index (χ4n) is 4.82. The number of carboxylic acids is 1. The number of aliphatic carboxylic acids is 1. The second-order valence-corrected chi connectivity index (χ2v) is 8.06. The summed E-state index contributed by atoms with van der Waals surface area (Å²) in [7, 11) is 1.49. The lowest BCUT2D eigenvalue weighted by Gasteiger charge is -2.35. The summed E-state index contributed by atoms with van der Waals surface area (Å²) in [5.41, 5.74) is -1.02. The van der Waals surface area contributed by atoms with E-state index in [4.69, 9.17) is 4.74 Å². The van der Waals surface area contributed by atoms with Crippen LogP contribution in [0.15, 0.2) is 0 Å². The van der Waals surface area contributed by atoms with E-state index in [9.17, 15) is 19.5 Å². The van der Waals surface area contributed by atoms with Gasteiger partial charge in [-0.25, -0.2) is 0 Å². The Bertz CT molecular complexity index is 560. The molecule has 3 atom stereocenters. The highest BCUT2D eigenvalue weighted by Crippen LogP contribution is 2.37. The molecule has 1 saturated carbocycles. The first-order valence-corrected chi connectivity index (χ1v) is 9.78. The van der Waals surface area contributed by atoms with Crippen molar-refractivity contribution in [2.24, 2.45) is 17.3 Å². The Balaban J connectivity index is 1.71. The van der Waals surface area contributed by atoms with Crippen molar-refractivity contribution >= 4 is 17.8 Å². The minimum absolute atomic E-state index is 0.0403. The Kier molecular flexibility index (Phi) is 5.85. The number of nitrogens with zero attached hydrogens (tertiary/aromatic N) is 2.